The lowest BCUT2D eigenvalue weighted by atomic mass is 10.1. The third-order valence-electron chi connectivity index (χ3n) is 4.91. The maximum atomic E-state index is 12.5. The van der Waals surface area contributed by atoms with Crippen LogP contribution in [-0.4, -0.2) is 22.6 Å². The first-order valence-electron chi connectivity index (χ1n) is 9.09. The zero-order chi connectivity index (χ0) is 19.7. The van der Waals surface area contributed by atoms with Crippen LogP contribution < -0.4 is 10.6 Å². The van der Waals surface area contributed by atoms with Crippen LogP contribution in [0.5, 0.6) is 0 Å². The van der Waals surface area contributed by atoms with Crippen LogP contribution in [0.3, 0.4) is 0 Å². The summed E-state index contributed by atoms with van der Waals surface area (Å²) in [4.78, 5) is 40.6. The molecule has 1 aliphatic carbocycles. The van der Waals surface area contributed by atoms with Gasteiger partial charge in [-0.15, -0.1) is 0 Å². The van der Waals surface area contributed by atoms with E-state index < -0.39 is 0 Å². The molecule has 3 aromatic rings. The summed E-state index contributed by atoms with van der Waals surface area (Å²) in [6.07, 6.45) is 2.20. The molecular weight excluding hydrogens is 354 g/mol. The molecule has 2 aromatic carbocycles. The molecule has 0 saturated heterocycles. The van der Waals surface area contributed by atoms with Crippen molar-refractivity contribution < 1.29 is 14.4 Å². The molecule has 1 aromatic heterocycles. The first-order valence-corrected chi connectivity index (χ1v) is 9.09. The van der Waals surface area contributed by atoms with Gasteiger partial charge in [-0.05, 0) is 49.7 Å². The number of rotatable bonds is 5. The summed E-state index contributed by atoms with van der Waals surface area (Å²) in [5.74, 6) is -1.09. The minimum Gasteiger partial charge on any atom is -0.326 e. The van der Waals surface area contributed by atoms with E-state index in [0.29, 0.717) is 23.4 Å². The molecule has 0 radical (unpaired) electrons. The van der Waals surface area contributed by atoms with Crippen molar-refractivity contribution in [3.63, 3.8) is 0 Å². The number of hydrogen-bond acceptors (Lipinski definition) is 4. The number of pyridine rings is 1. The first-order chi connectivity index (χ1) is 13.5. The minimum absolute atomic E-state index is 0.0280. The van der Waals surface area contributed by atoms with Gasteiger partial charge in [0.1, 0.15) is 0 Å². The van der Waals surface area contributed by atoms with Gasteiger partial charge in [-0.1, -0.05) is 18.2 Å². The van der Waals surface area contributed by atoms with Crippen molar-refractivity contribution in [2.24, 2.45) is 11.8 Å². The highest BCUT2D eigenvalue weighted by Crippen LogP contribution is 2.40. The molecule has 2 N–H and O–H groups in total. The van der Waals surface area contributed by atoms with Crippen LogP contribution in [-0.2, 0) is 9.59 Å². The van der Waals surface area contributed by atoms with Crippen LogP contribution in [0, 0.1) is 11.8 Å². The fourth-order valence-electron chi connectivity index (χ4n) is 3.23. The number of Topliss-reactive ketones (excluding diaryl/α,β-unsaturated/α-hetero) is 1. The Bertz CT molecular complexity index is 1070. The van der Waals surface area contributed by atoms with E-state index in [2.05, 4.69) is 15.6 Å². The Labute approximate surface area is 162 Å². The number of anilines is 2. The zero-order valence-electron chi connectivity index (χ0n) is 15.3. The van der Waals surface area contributed by atoms with Crippen molar-refractivity contribution in [3.8, 4) is 0 Å². The first kappa shape index (κ1) is 17.9. The van der Waals surface area contributed by atoms with Gasteiger partial charge in [0.15, 0.2) is 5.78 Å². The number of carbonyl (C=O) groups is 3. The Balaban J connectivity index is 1.38. The van der Waals surface area contributed by atoms with Crippen molar-refractivity contribution >= 4 is 39.9 Å². The summed E-state index contributed by atoms with van der Waals surface area (Å²) in [6, 6.07) is 16.1. The van der Waals surface area contributed by atoms with Crippen LogP contribution >= 0.6 is 0 Å². The van der Waals surface area contributed by atoms with Crippen LogP contribution in [0.2, 0.25) is 0 Å². The summed E-state index contributed by atoms with van der Waals surface area (Å²) in [5.41, 5.74) is 2.57. The smallest absolute Gasteiger partial charge is 0.228 e. The second-order valence-corrected chi connectivity index (χ2v) is 6.94. The molecule has 6 heteroatoms. The van der Waals surface area contributed by atoms with E-state index in [4.69, 9.17) is 0 Å². The fraction of sp³-hybridized carbons (Fsp3) is 0.182. The minimum atomic E-state index is -0.351. The van der Waals surface area contributed by atoms with Crippen molar-refractivity contribution in [1.29, 1.82) is 0 Å². The third kappa shape index (κ3) is 3.62. The number of aromatic nitrogens is 1. The molecule has 1 fully saturated rings. The lowest BCUT2D eigenvalue weighted by molar-refractivity contribution is -0.122. The van der Waals surface area contributed by atoms with Gasteiger partial charge >= 0.3 is 0 Å². The Morgan fingerprint density at radius 3 is 2.29 bits per heavy atom. The lowest BCUT2D eigenvalue weighted by Crippen LogP contribution is -2.20. The third-order valence-corrected chi connectivity index (χ3v) is 4.91. The Kier molecular flexibility index (Phi) is 4.61. The molecule has 0 bridgehead atoms. The van der Waals surface area contributed by atoms with Crippen molar-refractivity contribution in [2.75, 3.05) is 10.6 Å². The number of benzene rings is 2. The van der Waals surface area contributed by atoms with Crippen LogP contribution in [0.25, 0.3) is 10.9 Å². The van der Waals surface area contributed by atoms with Gasteiger partial charge in [0.2, 0.25) is 11.8 Å². The molecule has 0 spiro atoms. The maximum absolute atomic E-state index is 12.5. The van der Waals surface area contributed by atoms with Gasteiger partial charge < -0.3 is 10.6 Å². The van der Waals surface area contributed by atoms with E-state index >= 15 is 0 Å². The largest absolute Gasteiger partial charge is 0.326 e. The summed E-state index contributed by atoms with van der Waals surface area (Å²) in [7, 11) is 0. The van der Waals surface area contributed by atoms with Gasteiger partial charge in [-0.25, -0.2) is 0 Å². The summed E-state index contributed by atoms with van der Waals surface area (Å²) in [5, 5.41) is 6.65. The number of fused-ring (bicyclic) bond motifs is 1. The molecule has 2 amide bonds. The normalized spacial score (nSPS) is 17.8. The quantitative estimate of drug-likeness (QED) is 0.668. The number of carbonyl (C=O) groups excluding carboxylic acids is 3. The predicted octanol–water partition coefficient (Wildman–Crippen LogP) is 3.65. The summed E-state index contributed by atoms with van der Waals surface area (Å²) in [6.45, 7) is 1.49. The Morgan fingerprint density at radius 2 is 1.57 bits per heavy atom. The average Bonchev–Trinajstić information content (AvgIpc) is 3.50. The highest BCUT2D eigenvalue weighted by atomic mass is 16.2. The standard InChI is InChI=1S/C22H19N3O3/c1-13(26)14-7-9-16(10-8-14)24-21(27)17-12-18(17)22(28)25-19-6-2-4-15-5-3-11-23-20(15)19/h2-11,17-18H,12H2,1H3,(H,24,27)(H,25,28). The summed E-state index contributed by atoms with van der Waals surface area (Å²) >= 11 is 0. The predicted molar refractivity (Wildman–Crippen MR) is 107 cm³/mol. The molecule has 1 aliphatic rings. The summed E-state index contributed by atoms with van der Waals surface area (Å²) < 4.78 is 0. The number of nitrogens with zero attached hydrogens (tertiary/aromatic N) is 1. The fourth-order valence-corrected chi connectivity index (χ4v) is 3.23. The lowest BCUT2D eigenvalue weighted by Gasteiger charge is -2.08. The van der Waals surface area contributed by atoms with Crippen LogP contribution in [0.4, 0.5) is 11.4 Å². The van der Waals surface area contributed by atoms with Crippen molar-refractivity contribution in [3.05, 3.63) is 66.4 Å². The molecule has 2 unspecified atom stereocenters. The number of hydrogen-bond donors (Lipinski definition) is 2. The van der Waals surface area contributed by atoms with E-state index in [9.17, 15) is 14.4 Å². The Hall–Kier alpha value is -3.54. The van der Waals surface area contributed by atoms with E-state index in [1.165, 1.54) is 6.92 Å². The second kappa shape index (κ2) is 7.23. The second-order valence-electron chi connectivity index (χ2n) is 6.94. The SMILES string of the molecule is CC(=O)c1ccc(NC(=O)C2CC2C(=O)Nc2cccc3cccnc23)cc1. The van der Waals surface area contributed by atoms with E-state index in [1.54, 1.807) is 36.5 Å². The van der Waals surface area contributed by atoms with Gasteiger partial charge in [0.05, 0.1) is 23.0 Å². The maximum Gasteiger partial charge on any atom is 0.228 e. The molecule has 2 atom stereocenters. The van der Waals surface area contributed by atoms with Crippen LogP contribution in [0.1, 0.15) is 23.7 Å². The molecule has 1 saturated carbocycles. The zero-order valence-corrected chi connectivity index (χ0v) is 15.3. The van der Waals surface area contributed by atoms with Gasteiger partial charge in [0.25, 0.3) is 0 Å². The monoisotopic (exact) mass is 373 g/mol. The molecule has 28 heavy (non-hydrogen) atoms. The highest BCUT2D eigenvalue weighted by Gasteiger charge is 2.48. The molecule has 1 heterocycles. The number of para-hydroxylation sites is 1. The number of amides is 2. The van der Waals surface area contributed by atoms with Crippen molar-refractivity contribution in [2.45, 2.75) is 13.3 Å². The highest BCUT2D eigenvalue weighted by molar-refractivity contribution is 6.06. The number of nitrogens with one attached hydrogen (secondary N) is 2. The van der Waals surface area contributed by atoms with Crippen LogP contribution in [0.15, 0.2) is 60.8 Å². The molecule has 6 nitrogen and oxygen atoms in total. The molecule has 4 rings (SSSR count). The van der Waals surface area contributed by atoms with Gasteiger partial charge in [0, 0.05) is 22.8 Å². The van der Waals surface area contributed by atoms with E-state index in [0.717, 1.165) is 10.9 Å². The van der Waals surface area contributed by atoms with Gasteiger partial charge in [-0.2, -0.15) is 0 Å². The molecule has 0 aliphatic heterocycles. The van der Waals surface area contributed by atoms with E-state index in [-0.39, 0.29) is 29.4 Å². The van der Waals surface area contributed by atoms with Crippen molar-refractivity contribution in [1.82, 2.24) is 4.98 Å². The topological polar surface area (TPSA) is 88.2 Å². The molecular formula is C22H19N3O3. The van der Waals surface area contributed by atoms with Gasteiger partial charge in [-0.3, -0.25) is 19.4 Å². The molecule has 140 valence electrons. The Morgan fingerprint density at radius 1 is 0.893 bits per heavy atom. The average molecular weight is 373 g/mol. The number of ketones is 1. The van der Waals surface area contributed by atoms with E-state index in [1.807, 2.05) is 24.3 Å².